The van der Waals surface area contributed by atoms with Crippen molar-refractivity contribution in [2.75, 3.05) is 12.5 Å². The van der Waals surface area contributed by atoms with Gasteiger partial charge in [0.05, 0.1) is 24.1 Å². The highest BCUT2D eigenvalue weighted by atomic mass is 16.5. The van der Waals surface area contributed by atoms with Gasteiger partial charge < -0.3 is 9.84 Å². The number of aromatic hydroxyl groups is 1. The van der Waals surface area contributed by atoms with Crippen LogP contribution in [0.2, 0.25) is 0 Å². The average molecular weight is 481 g/mol. The molecular weight excluding hydrogens is 452 g/mol. The van der Waals surface area contributed by atoms with Crippen LogP contribution < -0.4 is 10.2 Å². The third-order valence-corrected chi connectivity index (χ3v) is 7.32. The van der Waals surface area contributed by atoms with Crippen LogP contribution in [0, 0.1) is 12.8 Å². The molecule has 0 saturated carbocycles. The molecule has 182 valence electrons. The largest absolute Gasteiger partial charge is 0.504 e. The number of amides is 2. The van der Waals surface area contributed by atoms with E-state index >= 15 is 0 Å². The Kier molecular flexibility index (Phi) is 5.88. The lowest BCUT2D eigenvalue weighted by Crippen LogP contribution is -2.48. The number of nitrogens with zero attached hydrogens (tertiary/aromatic N) is 1. The van der Waals surface area contributed by atoms with E-state index in [9.17, 15) is 14.7 Å². The van der Waals surface area contributed by atoms with Gasteiger partial charge in [-0.05, 0) is 54.3 Å². The van der Waals surface area contributed by atoms with Crippen LogP contribution in [0.3, 0.4) is 0 Å². The molecule has 1 fully saturated rings. The topological polar surface area (TPSA) is 78.9 Å². The van der Waals surface area contributed by atoms with Gasteiger partial charge in [-0.1, -0.05) is 72.8 Å². The van der Waals surface area contributed by atoms with Gasteiger partial charge in [0.2, 0.25) is 0 Å². The number of rotatable bonds is 6. The molecule has 36 heavy (non-hydrogen) atoms. The van der Waals surface area contributed by atoms with Crippen molar-refractivity contribution in [3.8, 4) is 11.5 Å². The quantitative estimate of drug-likeness (QED) is 0.471. The van der Waals surface area contributed by atoms with Gasteiger partial charge in [-0.3, -0.25) is 15.0 Å². The highest BCUT2D eigenvalue weighted by Crippen LogP contribution is 2.58. The molecule has 0 bridgehead atoms. The summed E-state index contributed by atoms with van der Waals surface area (Å²) in [4.78, 5) is 28.3. The highest BCUT2D eigenvalue weighted by Gasteiger charge is 2.65. The maximum atomic E-state index is 14.5. The molecule has 2 N–H and O–H groups in total. The molecule has 1 heterocycles. The summed E-state index contributed by atoms with van der Waals surface area (Å²) in [6.45, 7) is 5.99. The number of methoxy groups -OCH3 is 1. The Bertz CT molecular complexity index is 1360. The molecule has 3 unspecified atom stereocenters. The fourth-order valence-corrected chi connectivity index (χ4v) is 5.64. The number of anilines is 1. The van der Waals surface area contributed by atoms with Gasteiger partial charge in [0.1, 0.15) is 0 Å². The number of carbonyl (C=O) groups is 2. The molecule has 1 aliphatic heterocycles. The number of phenols is 1. The summed E-state index contributed by atoms with van der Waals surface area (Å²) in [5, 5.41) is 11.8. The molecule has 1 saturated heterocycles. The van der Waals surface area contributed by atoms with Gasteiger partial charge in [-0.15, -0.1) is 0 Å². The molecule has 3 aromatic rings. The van der Waals surface area contributed by atoms with Gasteiger partial charge in [0, 0.05) is 5.92 Å². The first kappa shape index (κ1) is 23.4. The number of hydrogen-bond donors (Lipinski definition) is 2. The molecule has 3 aromatic carbocycles. The number of fused-ring (bicyclic) bond motifs is 1. The molecule has 6 heteroatoms. The normalized spacial score (nSPS) is 23.2. The van der Waals surface area contributed by atoms with Crippen LogP contribution in [-0.2, 0) is 15.0 Å². The van der Waals surface area contributed by atoms with Crippen LogP contribution >= 0.6 is 0 Å². The Morgan fingerprint density at radius 2 is 1.81 bits per heavy atom. The van der Waals surface area contributed by atoms with Gasteiger partial charge in [0.25, 0.3) is 11.8 Å². The molecule has 0 spiro atoms. The number of carbonyl (C=O) groups excluding carboxylic acids is 2. The number of hydrazine groups is 1. The van der Waals surface area contributed by atoms with Crippen molar-refractivity contribution in [1.29, 1.82) is 0 Å². The Morgan fingerprint density at radius 1 is 1.08 bits per heavy atom. The number of aryl methyl sites for hydroxylation is 1. The summed E-state index contributed by atoms with van der Waals surface area (Å²) in [6, 6.07) is 22.1. The maximum Gasteiger partial charge on any atom is 0.260 e. The molecule has 6 nitrogen and oxygen atoms in total. The molecule has 2 aliphatic rings. The SMILES string of the molecule is C=CC1=CCC2C(=O)N(Nc3ccc(C)cc3)C(=O)C2(c2ccccc2)C1c1ccc(OC)c(O)c1. The summed E-state index contributed by atoms with van der Waals surface area (Å²) < 4.78 is 5.24. The smallest absolute Gasteiger partial charge is 0.260 e. The minimum atomic E-state index is -1.23. The second kappa shape index (κ2) is 9.04. The maximum absolute atomic E-state index is 14.5. The van der Waals surface area contributed by atoms with Crippen molar-refractivity contribution in [3.05, 3.63) is 114 Å². The second-order valence-corrected chi connectivity index (χ2v) is 9.25. The van der Waals surface area contributed by atoms with Crippen molar-refractivity contribution in [2.45, 2.75) is 24.7 Å². The summed E-state index contributed by atoms with van der Waals surface area (Å²) in [6.07, 6.45) is 4.11. The zero-order chi connectivity index (χ0) is 25.4. The Balaban J connectivity index is 1.72. The highest BCUT2D eigenvalue weighted by molar-refractivity contribution is 6.12. The number of hydrogen-bond acceptors (Lipinski definition) is 5. The van der Waals surface area contributed by atoms with Gasteiger partial charge >= 0.3 is 0 Å². The van der Waals surface area contributed by atoms with E-state index in [0.29, 0.717) is 23.4 Å². The lowest BCUT2D eigenvalue weighted by Gasteiger charge is -2.43. The molecule has 3 atom stereocenters. The molecular formula is C30H28N2O4. The third kappa shape index (κ3) is 3.49. The van der Waals surface area contributed by atoms with E-state index in [1.165, 1.54) is 12.1 Å². The first-order valence-electron chi connectivity index (χ1n) is 11.9. The number of nitrogens with one attached hydrogen (secondary N) is 1. The standard InChI is InChI=1S/C30H28N2O4/c1-4-20-12-16-24-28(34)32(31-23-14-10-19(2)11-15-23)29(35)30(24,22-8-6-5-7-9-22)27(20)21-13-17-26(36-3)25(33)18-21/h4-15,17-18,24,27,31,33H,1,16H2,2-3H3. The second-order valence-electron chi connectivity index (χ2n) is 9.25. The molecule has 5 rings (SSSR count). The Labute approximate surface area is 210 Å². The molecule has 0 aromatic heterocycles. The molecule has 1 aliphatic carbocycles. The summed E-state index contributed by atoms with van der Waals surface area (Å²) in [5.41, 5.74) is 5.85. The van der Waals surface area contributed by atoms with Crippen molar-refractivity contribution in [1.82, 2.24) is 5.01 Å². The lowest BCUT2D eigenvalue weighted by molar-refractivity contribution is -0.138. The monoisotopic (exact) mass is 480 g/mol. The predicted octanol–water partition coefficient (Wildman–Crippen LogP) is 5.26. The Hall–Kier alpha value is -4.32. The molecule has 0 radical (unpaired) electrons. The lowest BCUT2D eigenvalue weighted by atomic mass is 9.56. The zero-order valence-corrected chi connectivity index (χ0v) is 20.3. The van der Waals surface area contributed by atoms with Crippen LogP contribution in [0.15, 0.2) is 97.1 Å². The van der Waals surface area contributed by atoms with Gasteiger partial charge in [0.15, 0.2) is 11.5 Å². The zero-order valence-electron chi connectivity index (χ0n) is 20.3. The average Bonchev–Trinajstić information content (AvgIpc) is 3.12. The number of phenolic OH excluding ortho intramolecular Hbond substituents is 1. The fraction of sp³-hybridized carbons (Fsp3) is 0.200. The van der Waals surface area contributed by atoms with Crippen molar-refractivity contribution in [3.63, 3.8) is 0 Å². The minimum Gasteiger partial charge on any atom is -0.504 e. The van der Waals surface area contributed by atoms with Crippen molar-refractivity contribution < 1.29 is 19.4 Å². The van der Waals surface area contributed by atoms with E-state index < -0.39 is 17.3 Å². The minimum absolute atomic E-state index is 0.0323. The predicted molar refractivity (Wildman–Crippen MR) is 139 cm³/mol. The number of imide groups is 1. The van der Waals surface area contributed by atoms with E-state index in [4.69, 9.17) is 4.74 Å². The van der Waals surface area contributed by atoms with E-state index in [1.54, 1.807) is 18.2 Å². The van der Waals surface area contributed by atoms with Gasteiger partial charge in [-0.2, -0.15) is 5.01 Å². The molecule has 2 amide bonds. The third-order valence-electron chi connectivity index (χ3n) is 7.32. The Morgan fingerprint density at radius 3 is 2.44 bits per heavy atom. The van der Waals surface area contributed by atoms with Crippen LogP contribution in [0.5, 0.6) is 11.5 Å². The van der Waals surface area contributed by atoms with E-state index in [-0.39, 0.29) is 17.6 Å². The van der Waals surface area contributed by atoms with Crippen LogP contribution in [0.4, 0.5) is 5.69 Å². The van der Waals surface area contributed by atoms with Crippen LogP contribution in [-0.4, -0.2) is 29.0 Å². The number of allylic oxidation sites excluding steroid dienone is 3. The first-order valence-corrected chi connectivity index (χ1v) is 11.9. The van der Waals surface area contributed by atoms with Crippen LogP contribution in [0.1, 0.15) is 29.0 Å². The number of ether oxygens (including phenoxy) is 1. The summed E-state index contributed by atoms with van der Waals surface area (Å²) in [5.74, 6) is -1.50. The van der Waals surface area contributed by atoms with E-state index in [2.05, 4.69) is 12.0 Å². The van der Waals surface area contributed by atoms with Crippen molar-refractivity contribution >= 4 is 17.5 Å². The summed E-state index contributed by atoms with van der Waals surface area (Å²) in [7, 11) is 1.49. The van der Waals surface area contributed by atoms with Crippen molar-refractivity contribution in [2.24, 2.45) is 5.92 Å². The first-order chi connectivity index (χ1) is 17.4. The van der Waals surface area contributed by atoms with E-state index in [1.807, 2.05) is 73.7 Å². The fourth-order valence-electron chi connectivity index (χ4n) is 5.64. The van der Waals surface area contributed by atoms with Crippen LogP contribution in [0.25, 0.3) is 0 Å². The van der Waals surface area contributed by atoms with E-state index in [0.717, 1.165) is 16.7 Å². The van der Waals surface area contributed by atoms with Gasteiger partial charge in [-0.25, -0.2) is 0 Å². The summed E-state index contributed by atoms with van der Waals surface area (Å²) >= 11 is 0. The number of benzene rings is 3.